The van der Waals surface area contributed by atoms with Crippen LogP contribution in [0.2, 0.25) is 0 Å². The average Bonchev–Trinajstić information content (AvgIpc) is 2.05. The minimum Gasteiger partial charge on any atom is -0.324 e. The van der Waals surface area contributed by atoms with Crippen LogP contribution in [0, 0.1) is 0 Å². The van der Waals surface area contributed by atoms with Gasteiger partial charge in [0.15, 0.2) is 0 Å². The number of hydrogen-bond donors (Lipinski definition) is 1. The van der Waals surface area contributed by atoms with Crippen molar-refractivity contribution in [3.8, 4) is 0 Å². The molecule has 0 aromatic heterocycles. The van der Waals surface area contributed by atoms with Gasteiger partial charge >= 0.3 is 0 Å². The normalized spacial score (nSPS) is 13.6. The Morgan fingerprint density at radius 2 is 2.00 bits per heavy atom. The molecule has 0 bridgehead atoms. The molecule has 0 saturated carbocycles. The Morgan fingerprint density at radius 1 is 1.33 bits per heavy atom. The Hall–Kier alpha value is -1.08. The Balaban J connectivity index is 3.08. The summed E-state index contributed by atoms with van der Waals surface area (Å²) in [5.74, 6) is 0. The Kier molecular flexibility index (Phi) is 3.06. The van der Waals surface area contributed by atoms with Gasteiger partial charge in [0, 0.05) is 6.04 Å². The van der Waals surface area contributed by atoms with Crippen molar-refractivity contribution >= 4 is 6.08 Å². The van der Waals surface area contributed by atoms with Crippen LogP contribution in [0.25, 0.3) is 6.08 Å². The highest BCUT2D eigenvalue weighted by atomic mass is 14.6. The Morgan fingerprint density at radius 3 is 2.58 bits per heavy atom. The van der Waals surface area contributed by atoms with E-state index >= 15 is 0 Å². The number of nitrogens with two attached hydrogens (primary N) is 1. The fraction of sp³-hybridized carbons (Fsp3) is 0.273. The third-order valence-corrected chi connectivity index (χ3v) is 1.83. The van der Waals surface area contributed by atoms with Crippen LogP contribution in [0.3, 0.4) is 0 Å². The van der Waals surface area contributed by atoms with Crippen molar-refractivity contribution in [1.82, 2.24) is 0 Å². The van der Waals surface area contributed by atoms with Crippen molar-refractivity contribution in [2.24, 2.45) is 5.73 Å². The standard InChI is InChI=1S/C11H15N/c1-3-6-10-7-4-5-8-11(10)9(2)12/h3-9H,12H2,1-2H3/b6-3-. The van der Waals surface area contributed by atoms with Crippen LogP contribution >= 0.6 is 0 Å². The van der Waals surface area contributed by atoms with E-state index in [1.54, 1.807) is 0 Å². The second-order valence-corrected chi connectivity index (χ2v) is 2.92. The van der Waals surface area contributed by atoms with Gasteiger partial charge in [-0.2, -0.15) is 0 Å². The highest BCUT2D eigenvalue weighted by Crippen LogP contribution is 2.16. The summed E-state index contributed by atoms with van der Waals surface area (Å²) < 4.78 is 0. The first-order valence-electron chi connectivity index (χ1n) is 4.23. The van der Waals surface area contributed by atoms with Gasteiger partial charge in [0.2, 0.25) is 0 Å². The van der Waals surface area contributed by atoms with E-state index in [1.807, 2.05) is 32.1 Å². The van der Waals surface area contributed by atoms with Crippen molar-refractivity contribution in [3.63, 3.8) is 0 Å². The third kappa shape index (κ3) is 1.95. The second-order valence-electron chi connectivity index (χ2n) is 2.92. The van der Waals surface area contributed by atoms with Gasteiger partial charge in [-0.05, 0) is 25.0 Å². The average molecular weight is 161 g/mol. The van der Waals surface area contributed by atoms with Gasteiger partial charge in [0.1, 0.15) is 0 Å². The van der Waals surface area contributed by atoms with Crippen molar-refractivity contribution in [1.29, 1.82) is 0 Å². The molecule has 0 aliphatic heterocycles. The van der Waals surface area contributed by atoms with Gasteiger partial charge in [-0.1, -0.05) is 36.4 Å². The molecule has 0 amide bonds. The van der Waals surface area contributed by atoms with E-state index in [4.69, 9.17) is 5.73 Å². The molecule has 12 heavy (non-hydrogen) atoms. The van der Waals surface area contributed by atoms with Gasteiger partial charge in [0.25, 0.3) is 0 Å². The maximum Gasteiger partial charge on any atom is 0.0272 e. The zero-order valence-electron chi connectivity index (χ0n) is 7.62. The molecule has 0 aliphatic carbocycles. The first kappa shape index (κ1) is 9.01. The molecule has 0 aliphatic rings. The summed E-state index contributed by atoms with van der Waals surface area (Å²) in [6, 6.07) is 8.31. The minimum atomic E-state index is 0.109. The molecule has 0 radical (unpaired) electrons. The molecule has 0 fully saturated rings. The second kappa shape index (κ2) is 4.07. The third-order valence-electron chi connectivity index (χ3n) is 1.83. The molecule has 1 heteroatoms. The Labute approximate surface area is 73.9 Å². The molecule has 0 saturated heterocycles. The van der Waals surface area contributed by atoms with E-state index in [-0.39, 0.29) is 6.04 Å². The van der Waals surface area contributed by atoms with Crippen molar-refractivity contribution in [2.75, 3.05) is 0 Å². The van der Waals surface area contributed by atoms with Crippen LogP contribution in [0.15, 0.2) is 30.3 Å². The topological polar surface area (TPSA) is 26.0 Å². The molecule has 0 heterocycles. The summed E-state index contributed by atoms with van der Waals surface area (Å²) in [5, 5.41) is 0. The van der Waals surface area contributed by atoms with Crippen molar-refractivity contribution < 1.29 is 0 Å². The van der Waals surface area contributed by atoms with Crippen molar-refractivity contribution in [2.45, 2.75) is 19.9 Å². The molecule has 1 unspecified atom stereocenters. The zero-order valence-corrected chi connectivity index (χ0v) is 7.62. The van der Waals surface area contributed by atoms with Gasteiger partial charge in [-0.15, -0.1) is 0 Å². The SMILES string of the molecule is C/C=C\c1ccccc1C(C)N. The van der Waals surface area contributed by atoms with Crippen LogP contribution in [-0.2, 0) is 0 Å². The predicted octanol–water partition coefficient (Wildman–Crippen LogP) is 2.74. The summed E-state index contributed by atoms with van der Waals surface area (Å²) in [6.07, 6.45) is 4.11. The van der Waals surface area contributed by atoms with E-state index in [9.17, 15) is 0 Å². The van der Waals surface area contributed by atoms with Crippen LogP contribution < -0.4 is 5.73 Å². The Bertz CT molecular complexity index is 274. The first-order valence-corrected chi connectivity index (χ1v) is 4.23. The maximum absolute atomic E-state index is 5.81. The van der Waals surface area contributed by atoms with E-state index in [2.05, 4.69) is 18.2 Å². The van der Waals surface area contributed by atoms with Gasteiger partial charge in [-0.25, -0.2) is 0 Å². The van der Waals surface area contributed by atoms with Crippen molar-refractivity contribution in [3.05, 3.63) is 41.5 Å². The molecule has 0 spiro atoms. The lowest BCUT2D eigenvalue weighted by atomic mass is 10.0. The van der Waals surface area contributed by atoms with Gasteiger partial charge in [0.05, 0.1) is 0 Å². The summed E-state index contributed by atoms with van der Waals surface area (Å²) >= 11 is 0. The lowest BCUT2D eigenvalue weighted by Gasteiger charge is -2.08. The molecule has 1 aromatic carbocycles. The molecule has 1 atom stereocenters. The highest BCUT2D eigenvalue weighted by Gasteiger charge is 2.01. The summed E-state index contributed by atoms with van der Waals surface area (Å²) in [7, 11) is 0. The van der Waals surface area contributed by atoms with Crippen LogP contribution in [0.5, 0.6) is 0 Å². The monoisotopic (exact) mass is 161 g/mol. The zero-order chi connectivity index (χ0) is 8.97. The van der Waals surface area contributed by atoms with E-state index < -0.39 is 0 Å². The van der Waals surface area contributed by atoms with Crippen LogP contribution in [0.4, 0.5) is 0 Å². The minimum absolute atomic E-state index is 0.109. The molecular weight excluding hydrogens is 146 g/mol. The molecule has 1 nitrogen and oxygen atoms in total. The predicted molar refractivity (Wildman–Crippen MR) is 53.8 cm³/mol. The molecule has 1 aromatic rings. The summed E-state index contributed by atoms with van der Waals surface area (Å²) in [5.41, 5.74) is 8.23. The largest absolute Gasteiger partial charge is 0.324 e. The molecule has 1 rings (SSSR count). The lowest BCUT2D eigenvalue weighted by Crippen LogP contribution is -2.06. The number of hydrogen-bond acceptors (Lipinski definition) is 1. The quantitative estimate of drug-likeness (QED) is 0.709. The van der Waals surface area contributed by atoms with E-state index in [1.165, 1.54) is 11.1 Å². The number of benzene rings is 1. The fourth-order valence-corrected chi connectivity index (χ4v) is 1.26. The summed E-state index contributed by atoms with van der Waals surface area (Å²) in [6.45, 7) is 4.01. The number of allylic oxidation sites excluding steroid dienone is 1. The lowest BCUT2D eigenvalue weighted by molar-refractivity contribution is 0.816. The fourth-order valence-electron chi connectivity index (χ4n) is 1.26. The smallest absolute Gasteiger partial charge is 0.0272 e. The molecule has 2 N–H and O–H groups in total. The van der Waals surface area contributed by atoms with E-state index in [0.717, 1.165) is 0 Å². The van der Waals surface area contributed by atoms with E-state index in [0.29, 0.717) is 0 Å². The first-order chi connectivity index (χ1) is 5.75. The summed E-state index contributed by atoms with van der Waals surface area (Å²) in [4.78, 5) is 0. The number of rotatable bonds is 2. The molecule has 64 valence electrons. The highest BCUT2D eigenvalue weighted by molar-refractivity contribution is 5.54. The van der Waals surface area contributed by atoms with Crippen LogP contribution in [0.1, 0.15) is 31.0 Å². The van der Waals surface area contributed by atoms with Crippen LogP contribution in [-0.4, -0.2) is 0 Å². The molecular formula is C11H15N. The maximum atomic E-state index is 5.81. The van der Waals surface area contributed by atoms with Gasteiger partial charge in [-0.3, -0.25) is 0 Å². The van der Waals surface area contributed by atoms with Gasteiger partial charge < -0.3 is 5.73 Å².